The molecule has 0 aliphatic rings. The van der Waals surface area contributed by atoms with E-state index < -0.39 is 12.0 Å². The van der Waals surface area contributed by atoms with Crippen molar-refractivity contribution in [1.82, 2.24) is 25.6 Å². The van der Waals surface area contributed by atoms with E-state index >= 15 is 0 Å². The third-order valence-corrected chi connectivity index (χ3v) is 7.34. The fourth-order valence-corrected chi connectivity index (χ4v) is 5.10. The van der Waals surface area contributed by atoms with E-state index in [1.807, 2.05) is 54.7 Å². The van der Waals surface area contributed by atoms with Crippen LogP contribution < -0.4 is 22.1 Å². The molecule has 0 spiro atoms. The van der Waals surface area contributed by atoms with E-state index in [1.54, 1.807) is 18.2 Å². The van der Waals surface area contributed by atoms with E-state index in [4.69, 9.17) is 16.2 Å². The molecule has 0 saturated carbocycles. The number of hydrogen-bond donors (Lipinski definition) is 5. The molecule has 2 heterocycles. The second kappa shape index (κ2) is 13.0. The number of benzene rings is 3. The predicted octanol–water partition coefficient (Wildman–Crippen LogP) is 3.54. The number of aromatic nitrogens is 3. The van der Waals surface area contributed by atoms with Crippen molar-refractivity contribution in [3.63, 3.8) is 0 Å². The smallest absolute Gasteiger partial charge is 0.328 e. The fraction of sp³-hybridized carbons (Fsp3) is 0.219. The molecule has 43 heavy (non-hydrogen) atoms. The molecular formula is C32H33N7O4. The number of carbonyl (C=O) groups excluding carboxylic acids is 3. The molecule has 0 fully saturated rings. The number of amides is 2. The van der Waals surface area contributed by atoms with Crippen LogP contribution in [0.5, 0.6) is 0 Å². The van der Waals surface area contributed by atoms with Crippen molar-refractivity contribution in [2.45, 2.75) is 31.7 Å². The highest BCUT2D eigenvalue weighted by atomic mass is 16.5. The number of nitrogens with one attached hydrogen (secondary N) is 3. The molecule has 5 rings (SSSR count). The van der Waals surface area contributed by atoms with Crippen LogP contribution in [0.3, 0.4) is 0 Å². The first kappa shape index (κ1) is 29.1. The molecule has 2 aromatic heterocycles. The lowest BCUT2D eigenvalue weighted by Crippen LogP contribution is -2.42. The molecule has 0 unspecified atom stereocenters. The molecule has 3 aromatic carbocycles. The summed E-state index contributed by atoms with van der Waals surface area (Å²) in [6, 6.07) is 19.6. The molecule has 2 amide bonds. The fourth-order valence-electron chi connectivity index (χ4n) is 5.10. The third-order valence-electron chi connectivity index (χ3n) is 7.34. The van der Waals surface area contributed by atoms with Gasteiger partial charge in [0.1, 0.15) is 17.5 Å². The van der Waals surface area contributed by atoms with Crippen molar-refractivity contribution < 1.29 is 19.1 Å². The zero-order chi connectivity index (χ0) is 30.3. The molecule has 0 radical (unpaired) electrons. The third kappa shape index (κ3) is 6.72. The number of aromatic amines is 1. The number of anilines is 2. The Balaban J connectivity index is 1.13. The van der Waals surface area contributed by atoms with Crippen LogP contribution >= 0.6 is 0 Å². The van der Waals surface area contributed by atoms with Gasteiger partial charge in [0.05, 0.1) is 12.5 Å². The number of fused-ring (bicyclic) bond motifs is 2. The first-order valence-corrected chi connectivity index (χ1v) is 14.0. The Kier molecular flexibility index (Phi) is 8.80. The minimum atomic E-state index is -0.852. The van der Waals surface area contributed by atoms with Crippen molar-refractivity contribution in [3.8, 4) is 0 Å². The molecule has 0 saturated heterocycles. The Labute approximate surface area is 248 Å². The largest absolute Gasteiger partial charge is 0.467 e. The van der Waals surface area contributed by atoms with Crippen molar-refractivity contribution in [2.24, 2.45) is 0 Å². The van der Waals surface area contributed by atoms with Crippen LogP contribution in [0, 0.1) is 0 Å². The number of methoxy groups -OCH3 is 1. The minimum Gasteiger partial charge on any atom is -0.467 e. The summed E-state index contributed by atoms with van der Waals surface area (Å²) in [5.41, 5.74) is 15.3. The van der Waals surface area contributed by atoms with Gasteiger partial charge in [-0.15, -0.1) is 0 Å². The van der Waals surface area contributed by atoms with Crippen molar-refractivity contribution in [2.75, 3.05) is 25.1 Å². The number of esters is 1. The maximum atomic E-state index is 13.0. The van der Waals surface area contributed by atoms with Gasteiger partial charge in [-0.2, -0.15) is 9.97 Å². The summed E-state index contributed by atoms with van der Waals surface area (Å²) in [6.45, 7) is 0.335. The van der Waals surface area contributed by atoms with E-state index in [9.17, 15) is 14.4 Å². The van der Waals surface area contributed by atoms with Gasteiger partial charge in [0.2, 0.25) is 5.95 Å². The average Bonchev–Trinajstić information content (AvgIpc) is 3.43. The van der Waals surface area contributed by atoms with E-state index in [2.05, 4.69) is 25.6 Å². The van der Waals surface area contributed by atoms with Gasteiger partial charge in [-0.1, -0.05) is 48.5 Å². The topological polar surface area (TPSA) is 178 Å². The zero-order valence-electron chi connectivity index (χ0n) is 23.7. The molecule has 220 valence electrons. The van der Waals surface area contributed by atoms with E-state index in [-0.39, 0.29) is 17.8 Å². The van der Waals surface area contributed by atoms with Crippen LogP contribution in [0.15, 0.2) is 72.9 Å². The number of nitrogen functional groups attached to an aromatic ring is 2. The van der Waals surface area contributed by atoms with Gasteiger partial charge < -0.3 is 31.8 Å². The van der Waals surface area contributed by atoms with Crippen LogP contribution in [-0.4, -0.2) is 52.4 Å². The maximum absolute atomic E-state index is 13.0. The lowest BCUT2D eigenvalue weighted by Gasteiger charge is -2.17. The van der Waals surface area contributed by atoms with Crippen LogP contribution in [0.1, 0.15) is 44.7 Å². The monoisotopic (exact) mass is 579 g/mol. The van der Waals surface area contributed by atoms with Crippen LogP contribution in [0.4, 0.5) is 11.8 Å². The Morgan fingerprint density at radius 3 is 2.49 bits per heavy atom. The quantitative estimate of drug-likeness (QED) is 0.116. The SMILES string of the molecule is COC(=O)[C@H](CCCNC(=O)c1cccc2ccccc12)NC(=O)c1ccc(CCc2c[nH]c3nc(N)nc(N)c23)cc1. The highest BCUT2D eigenvalue weighted by Gasteiger charge is 2.22. The summed E-state index contributed by atoms with van der Waals surface area (Å²) in [5, 5.41) is 8.28. The highest BCUT2D eigenvalue weighted by molar-refractivity contribution is 6.07. The van der Waals surface area contributed by atoms with Crippen molar-refractivity contribution in [1.29, 1.82) is 0 Å². The molecule has 5 aromatic rings. The number of nitrogens with zero attached hydrogens (tertiary/aromatic N) is 2. The minimum absolute atomic E-state index is 0.116. The molecular weight excluding hydrogens is 546 g/mol. The standard InChI is InChI=1S/C32H33N7O4/c1-43-31(42)25(10-5-17-35-30(41)24-9-4-7-20-6-2-3-8-23(20)24)37-29(40)21-14-11-19(12-15-21)13-16-22-18-36-28-26(22)27(33)38-32(34)39-28/h2-4,6-9,11-12,14-15,18,25H,5,10,13,16-17H2,1H3,(H,35,41)(H,37,40)(H5,33,34,36,38,39)/t25-/m0/s1. The highest BCUT2D eigenvalue weighted by Crippen LogP contribution is 2.24. The second-order valence-electron chi connectivity index (χ2n) is 10.2. The molecule has 7 N–H and O–H groups in total. The number of carbonyl (C=O) groups is 3. The van der Waals surface area contributed by atoms with Gasteiger partial charge in [-0.05, 0) is 65.8 Å². The number of hydrogen-bond acceptors (Lipinski definition) is 8. The van der Waals surface area contributed by atoms with E-state index in [0.717, 1.165) is 27.3 Å². The Hall–Kier alpha value is -5.45. The summed E-state index contributed by atoms with van der Waals surface area (Å²) in [7, 11) is 1.28. The van der Waals surface area contributed by atoms with Gasteiger partial charge >= 0.3 is 5.97 Å². The van der Waals surface area contributed by atoms with Crippen LogP contribution in [0.2, 0.25) is 0 Å². The molecule has 11 heteroatoms. The van der Waals surface area contributed by atoms with Gasteiger partial charge in [0.25, 0.3) is 11.8 Å². The number of H-pyrrole nitrogens is 1. The van der Waals surface area contributed by atoms with Crippen LogP contribution in [0.25, 0.3) is 21.8 Å². The summed E-state index contributed by atoms with van der Waals surface area (Å²) < 4.78 is 4.91. The molecule has 0 aliphatic heterocycles. The second-order valence-corrected chi connectivity index (χ2v) is 10.2. The lowest BCUT2D eigenvalue weighted by molar-refractivity contribution is -0.143. The summed E-state index contributed by atoms with van der Waals surface area (Å²) in [5.74, 6) is -0.680. The number of ether oxygens (including phenoxy) is 1. The number of rotatable bonds is 11. The molecule has 11 nitrogen and oxygen atoms in total. The zero-order valence-corrected chi connectivity index (χ0v) is 23.7. The number of aryl methyl sites for hydroxylation is 2. The van der Waals surface area contributed by atoms with Gasteiger partial charge in [0.15, 0.2) is 0 Å². The average molecular weight is 580 g/mol. The lowest BCUT2D eigenvalue weighted by atomic mass is 10.0. The molecule has 0 bridgehead atoms. The normalized spacial score (nSPS) is 11.7. The maximum Gasteiger partial charge on any atom is 0.328 e. The Bertz CT molecular complexity index is 1780. The van der Waals surface area contributed by atoms with Gasteiger partial charge in [-0.3, -0.25) is 9.59 Å². The van der Waals surface area contributed by atoms with Gasteiger partial charge in [-0.25, -0.2) is 4.79 Å². The van der Waals surface area contributed by atoms with Crippen molar-refractivity contribution in [3.05, 3.63) is 95.2 Å². The molecule has 0 aliphatic carbocycles. The Morgan fingerprint density at radius 1 is 0.930 bits per heavy atom. The first-order chi connectivity index (χ1) is 20.8. The van der Waals surface area contributed by atoms with Gasteiger partial charge in [0, 0.05) is 23.9 Å². The number of nitrogens with two attached hydrogens (primary N) is 2. The summed E-state index contributed by atoms with van der Waals surface area (Å²) in [6.07, 6.45) is 4.00. The van der Waals surface area contributed by atoms with E-state index in [0.29, 0.717) is 54.8 Å². The molecule has 1 atom stereocenters. The summed E-state index contributed by atoms with van der Waals surface area (Å²) in [4.78, 5) is 49.5. The summed E-state index contributed by atoms with van der Waals surface area (Å²) >= 11 is 0. The predicted molar refractivity (Wildman–Crippen MR) is 165 cm³/mol. The first-order valence-electron chi connectivity index (χ1n) is 14.0. The van der Waals surface area contributed by atoms with Crippen molar-refractivity contribution >= 4 is 51.4 Å². The Morgan fingerprint density at radius 2 is 1.70 bits per heavy atom. The van der Waals surface area contributed by atoms with E-state index in [1.165, 1.54) is 7.11 Å². The van der Waals surface area contributed by atoms with Crippen LogP contribution in [-0.2, 0) is 22.4 Å².